The Kier molecular flexibility index (Phi) is 7.21. The van der Waals surface area contributed by atoms with E-state index in [1.807, 2.05) is 29.2 Å². The molecule has 0 N–H and O–H groups in total. The van der Waals surface area contributed by atoms with Crippen molar-refractivity contribution in [2.24, 2.45) is 0 Å². The van der Waals surface area contributed by atoms with Crippen molar-refractivity contribution < 1.29 is 9.59 Å². The van der Waals surface area contributed by atoms with Crippen LogP contribution in [0.25, 0.3) is 0 Å². The van der Waals surface area contributed by atoms with Crippen molar-refractivity contribution in [2.75, 3.05) is 31.9 Å². The van der Waals surface area contributed by atoms with Gasteiger partial charge in [-0.3, -0.25) is 9.59 Å². The first-order valence-electron chi connectivity index (χ1n) is 8.74. The van der Waals surface area contributed by atoms with E-state index in [1.165, 1.54) is 0 Å². The molecule has 27 heavy (non-hydrogen) atoms. The number of hydrogen-bond acceptors (Lipinski definition) is 3. The third kappa shape index (κ3) is 5.74. The quantitative estimate of drug-likeness (QED) is 0.605. The van der Waals surface area contributed by atoms with E-state index in [0.29, 0.717) is 43.2 Å². The molecular formula is C20H20BrClN2O2S. The molecule has 0 radical (unpaired) electrons. The predicted molar refractivity (Wildman–Crippen MR) is 113 cm³/mol. The number of nitrogens with zero attached hydrogens (tertiary/aromatic N) is 2. The van der Waals surface area contributed by atoms with Crippen LogP contribution in [0.1, 0.15) is 16.8 Å². The van der Waals surface area contributed by atoms with Gasteiger partial charge in [-0.1, -0.05) is 33.6 Å². The zero-order valence-electron chi connectivity index (χ0n) is 14.7. The topological polar surface area (TPSA) is 40.6 Å². The Morgan fingerprint density at radius 2 is 1.67 bits per heavy atom. The minimum atomic E-state index is -0.0320. The van der Waals surface area contributed by atoms with Crippen LogP contribution in [0, 0.1) is 0 Å². The zero-order valence-corrected chi connectivity index (χ0v) is 17.9. The van der Waals surface area contributed by atoms with Crippen LogP contribution in [-0.4, -0.2) is 53.5 Å². The molecule has 1 heterocycles. The van der Waals surface area contributed by atoms with E-state index in [9.17, 15) is 9.59 Å². The molecule has 0 saturated carbocycles. The van der Waals surface area contributed by atoms with E-state index < -0.39 is 0 Å². The lowest BCUT2D eigenvalue weighted by atomic mass is 10.2. The van der Waals surface area contributed by atoms with Crippen LogP contribution in [0.15, 0.2) is 57.9 Å². The summed E-state index contributed by atoms with van der Waals surface area (Å²) >= 11 is 11.1. The highest BCUT2D eigenvalue weighted by Gasteiger charge is 2.24. The molecule has 0 bridgehead atoms. The minimum Gasteiger partial charge on any atom is -0.339 e. The van der Waals surface area contributed by atoms with Crippen molar-refractivity contribution in [1.82, 2.24) is 9.80 Å². The van der Waals surface area contributed by atoms with Crippen molar-refractivity contribution in [1.29, 1.82) is 0 Å². The van der Waals surface area contributed by atoms with Gasteiger partial charge in [0.1, 0.15) is 0 Å². The summed E-state index contributed by atoms with van der Waals surface area (Å²) in [5, 5.41) is 0.554. The van der Waals surface area contributed by atoms with Gasteiger partial charge in [-0.2, -0.15) is 0 Å². The van der Waals surface area contributed by atoms with Crippen LogP contribution in [-0.2, 0) is 4.79 Å². The fourth-order valence-electron chi connectivity index (χ4n) is 2.91. The molecule has 0 aliphatic carbocycles. The highest BCUT2D eigenvalue weighted by molar-refractivity contribution is 9.10. The molecule has 0 aromatic heterocycles. The van der Waals surface area contributed by atoms with Crippen molar-refractivity contribution >= 4 is 51.1 Å². The molecule has 1 saturated heterocycles. The molecule has 2 aromatic carbocycles. The maximum atomic E-state index is 12.5. The van der Waals surface area contributed by atoms with Gasteiger partial charge in [0.2, 0.25) is 5.91 Å². The first-order chi connectivity index (χ1) is 13.0. The van der Waals surface area contributed by atoms with Crippen molar-refractivity contribution in [3.8, 4) is 0 Å². The van der Waals surface area contributed by atoms with E-state index >= 15 is 0 Å². The van der Waals surface area contributed by atoms with Crippen LogP contribution in [0.4, 0.5) is 0 Å². The molecule has 4 nitrogen and oxygen atoms in total. The number of benzene rings is 2. The lowest BCUT2D eigenvalue weighted by Gasteiger charge is -2.35. The Hall–Kier alpha value is -1.50. The summed E-state index contributed by atoms with van der Waals surface area (Å²) in [4.78, 5) is 29.7. The largest absolute Gasteiger partial charge is 0.339 e. The first kappa shape index (κ1) is 20.2. The standard InChI is InChI=1S/C20H20BrClN2O2S/c21-16-4-6-18(7-5-16)27-13-8-19(25)23-9-11-24(12-10-23)20(26)15-2-1-3-17(22)14-15/h1-7,14H,8-13H2. The Balaban J connectivity index is 1.43. The van der Waals surface area contributed by atoms with E-state index in [4.69, 9.17) is 11.6 Å². The molecule has 1 aliphatic rings. The van der Waals surface area contributed by atoms with Crippen molar-refractivity contribution in [3.05, 3.63) is 63.6 Å². The molecule has 3 rings (SSSR count). The predicted octanol–water partition coefficient (Wildman–Crippen LogP) is 4.57. The Morgan fingerprint density at radius 3 is 2.33 bits per heavy atom. The molecule has 0 atom stereocenters. The van der Waals surface area contributed by atoms with Gasteiger partial charge in [0, 0.05) is 58.3 Å². The third-order valence-electron chi connectivity index (χ3n) is 4.39. The number of hydrogen-bond donors (Lipinski definition) is 0. The lowest BCUT2D eigenvalue weighted by molar-refractivity contribution is -0.132. The molecule has 1 fully saturated rings. The number of halogens is 2. The summed E-state index contributed by atoms with van der Waals surface area (Å²) < 4.78 is 1.05. The number of carbonyl (C=O) groups excluding carboxylic acids is 2. The number of piperazine rings is 1. The smallest absolute Gasteiger partial charge is 0.254 e. The van der Waals surface area contributed by atoms with Crippen molar-refractivity contribution in [3.63, 3.8) is 0 Å². The normalized spacial score (nSPS) is 14.3. The molecule has 2 aromatic rings. The molecule has 142 valence electrons. The second kappa shape index (κ2) is 9.62. The molecule has 1 aliphatic heterocycles. The Labute approximate surface area is 177 Å². The van der Waals surface area contributed by atoms with Gasteiger partial charge in [-0.05, 0) is 42.5 Å². The zero-order chi connectivity index (χ0) is 19.2. The minimum absolute atomic E-state index is 0.0320. The second-order valence-electron chi connectivity index (χ2n) is 6.24. The molecular weight excluding hydrogens is 448 g/mol. The molecule has 0 spiro atoms. The number of carbonyl (C=O) groups is 2. The van der Waals surface area contributed by atoms with Crippen molar-refractivity contribution in [2.45, 2.75) is 11.3 Å². The van der Waals surface area contributed by atoms with E-state index in [1.54, 1.807) is 40.9 Å². The van der Waals surface area contributed by atoms with Gasteiger partial charge in [0.25, 0.3) is 5.91 Å². The fraction of sp³-hybridized carbons (Fsp3) is 0.300. The molecule has 7 heteroatoms. The Morgan fingerprint density at radius 1 is 1.00 bits per heavy atom. The molecule has 0 unspecified atom stereocenters. The fourth-order valence-corrected chi connectivity index (χ4v) is 4.20. The summed E-state index contributed by atoms with van der Waals surface area (Å²) in [7, 11) is 0. The van der Waals surface area contributed by atoms with Crippen LogP contribution >= 0.6 is 39.3 Å². The number of thioether (sulfide) groups is 1. The summed E-state index contributed by atoms with van der Waals surface area (Å²) in [5.74, 6) is 0.868. The second-order valence-corrected chi connectivity index (χ2v) is 8.76. The van der Waals surface area contributed by atoms with Gasteiger partial charge in [-0.25, -0.2) is 0 Å². The summed E-state index contributed by atoms with van der Waals surface area (Å²) in [5.41, 5.74) is 0.591. The Bertz CT molecular complexity index is 808. The van der Waals surface area contributed by atoms with Gasteiger partial charge in [0.05, 0.1) is 0 Å². The van der Waals surface area contributed by atoms with Gasteiger partial charge in [-0.15, -0.1) is 11.8 Å². The van der Waals surface area contributed by atoms with Crippen LogP contribution in [0.5, 0.6) is 0 Å². The van der Waals surface area contributed by atoms with Gasteiger partial charge < -0.3 is 9.80 Å². The lowest BCUT2D eigenvalue weighted by Crippen LogP contribution is -2.50. The monoisotopic (exact) mass is 466 g/mol. The number of rotatable bonds is 5. The maximum Gasteiger partial charge on any atom is 0.254 e. The SMILES string of the molecule is O=C(CCSc1ccc(Br)cc1)N1CCN(C(=O)c2cccc(Cl)c2)CC1. The van der Waals surface area contributed by atoms with Crippen LogP contribution in [0.3, 0.4) is 0 Å². The van der Waals surface area contributed by atoms with Crippen LogP contribution < -0.4 is 0 Å². The van der Waals surface area contributed by atoms with E-state index in [0.717, 1.165) is 15.1 Å². The molecule has 2 amide bonds. The van der Waals surface area contributed by atoms with E-state index in [-0.39, 0.29) is 11.8 Å². The van der Waals surface area contributed by atoms with Gasteiger partial charge >= 0.3 is 0 Å². The van der Waals surface area contributed by atoms with Crippen LogP contribution in [0.2, 0.25) is 5.02 Å². The maximum absolute atomic E-state index is 12.5. The summed E-state index contributed by atoms with van der Waals surface area (Å²) in [6, 6.07) is 15.1. The highest BCUT2D eigenvalue weighted by atomic mass is 79.9. The summed E-state index contributed by atoms with van der Waals surface area (Å²) in [6.07, 6.45) is 0.503. The highest BCUT2D eigenvalue weighted by Crippen LogP contribution is 2.22. The summed E-state index contributed by atoms with van der Waals surface area (Å²) in [6.45, 7) is 2.26. The third-order valence-corrected chi connectivity index (χ3v) is 6.17. The number of amides is 2. The average Bonchev–Trinajstić information content (AvgIpc) is 2.69. The average molecular weight is 468 g/mol. The first-order valence-corrected chi connectivity index (χ1v) is 10.9. The van der Waals surface area contributed by atoms with E-state index in [2.05, 4.69) is 15.9 Å². The van der Waals surface area contributed by atoms with Gasteiger partial charge in [0.15, 0.2) is 0 Å².